The molecule has 0 aromatic rings. The summed E-state index contributed by atoms with van der Waals surface area (Å²) in [6, 6.07) is 0. The Labute approximate surface area is 89.4 Å². The van der Waals surface area contributed by atoms with E-state index in [1.165, 1.54) is 32.1 Å². The Morgan fingerprint density at radius 2 is 2.38 bits per heavy atom. The predicted octanol–water partition coefficient (Wildman–Crippen LogP) is 3.38. The van der Waals surface area contributed by atoms with E-state index in [-0.39, 0.29) is 0 Å². The van der Waals surface area contributed by atoms with Gasteiger partial charge in [-0.2, -0.15) is 0 Å². The van der Waals surface area contributed by atoms with E-state index in [0.717, 1.165) is 17.6 Å². The summed E-state index contributed by atoms with van der Waals surface area (Å²) in [6.45, 7) is 5.74. The molecule has 0 unspecified atom stereocenters. The van der Waals surface area contributed by atoms with Crippen LogP contribution in [0.4, 0.5) is 0 Å². The second-order valence-corrected chi connectivity index (χ2v) is 4.67. The molecule has 13 heavy (non-hydrogen) atoms. The smallest absolute Gasteiger partial charge is 0.0265 e. The lowest BCUT2D eigenvalue weighted by Crippen LogP contribution is -2.17. The summed E-state index contributed by atoms with van der Waals surface area (Å²) in [5, 5.41) is 3.34. The lowest BCUT2D eigenvalue weighted by molar-refractivity contribution is 0.650. The summed E-state index contributed by atoms with van der Waals surface area (Å²) < 4.78 is 1.03. The van der Waals surface area contributed by atoms with Gasteiger partial charge in [-0.3, -0.25) is 0 Å². The van der Waals surface area contributed by atoms with Crippen molar-refractivity contribution >= 4 is 15.9 Å². The third kappa shape index (κ3) is 5.27. The minimum Gasteiger partial charge on any atom is -0.312 e. The molecule has 1 nitrogen and oxygen atoms in total. The number of nitrogens with one attached hydrogen (secondary N) is 1. The number of hydrogen-bond acceptors (Lipinski definition) is 1. The average Bonchev–Trinajstić information content (AvgIpc) is 2.14. The molecule has 1 rings (SSSR count). The van der Waals surface area contributed by atoms with Gasteiger partial charge in [-0.15, -0.1) is 0 Å². The molecule has 0 amide bonds. The Hall–Kier alpha value is -0.0800. The highest BCUT2D eigenvalue weighted by Gasteiger charge is 2.02. The van der Waals surface area contributed by atoms with Crippen LogP contribution in [0.15, 0.2) is 22.7 Å². The molecule has 2 heteroatoms. The first kappa shape index (κ1) is 11.0. The van der Waals surface area contributed by atoms with E-state index in [9.17, 15) is 0 Å². The Kier molecular flexibility index (Phi) is 5.40. The molecule has 0 fully saturated rings. The fourth-order valence-corrected chi connectivity index (χ4v) is 1.80. The van der Waals surface area contributed by atoms with Crippen molar-refractivity contribution in [3.63, 3.8) is 0 Å². The van der Waals surface area contributed by atoms with Gasteiger partial charge in [0, 0.05) is 11.0 Å². The minimum absolute atomic E-state index is 0.882. The molecule has 1 N–H and O–H groups in total. The van der Waals surface area contributed by atoms with E-state index < -0.39 is 0 Å². The van der Waals surface area contributed by atoms with Gasteiger partial charge in [0.25, 0.3) is 0 Å². The van der Waals surface area contributed by atoms with Crippen LogP contribution in [0.25, 0.3) is 0 Å². The summed E-state index contributed by atoms with van der Waals surface area (Å²) in [7, 11) is 0. The van der Waals surface area contributed by atoms with Crippen LogP contribution in [0.1, 0.15) is 32.1 Å². The van der Waals surface area contributed by atoms with Gasteiger partial charge in [0.15, 0.2) is 0 Å². The lowest BCUT2D eigenvalue weighted by Gasteiger charge is -2.12. The van der Waals surface area contributed by atoms with Gasteiger partial charge >= 0.3 is 0 Å². The zero-order valence-electron chi connectivity index (χ0n) is 8.11. The highest BCUT2D eigenvalue weighted by Crippen LogP contribution is 2.19. The molecule has 0 saturated carbocycles. The van der Waals surface area contributed by atoms with Gasteiger partial charge in [-0.1, -0.05) is 34.2 Å². The van der Waals surface area contributed by atoms with Crippen molar-refractivity contribution in [3.8, 4) is 0 Å². The number of rotatable bonds is 5. The van der Waals surface area contributed by atoms with Crippen molar-refractivity contribution in [2.45, 2.75) is 32.1 Å². The Bertz CT molecular complexity index is 196. The van der Waals surface area contributed by atoms with Crippen LogP contribution in [-0.4, -0.2) is 13.1 Å². The summed E-state index contributed by atoms with van der Waals surface area (Å²) in [4.78, 5) is 0. The van der Waals surface area contributed by atoms with Crippen molar-refractivity contribution in [2.75, 3.05) is 13.1 Å². The van der Waals surface area contributed by atoms with Crippen molar-refractivity contribution in [1.29, 1.82) is 0 Å². The highest BCUT2D eigenvalue weighted by molar-refractivity contribution is 9.11. The fraction of sp³-hybridized carbons (Fsp3) is 0.636. The molecule has 0 bridgehead atoms. The van der Waals surface area contributed by atoms with E-state index >= 15 is 0 Å². The van der Waals surface area contributed by atoms with Gasteiger partial charge in [0.2, 0.25) is 0 Å². The number of allylic oxidation sites excluding steroid dienone is 1. The standard InChI is InChI=1S/C11H18BrN/c1-10(12)9-13-8-7-11-5-3-2-4-6-11/h5,13H,1-4,6-9H2. The van der Waals surface area contributed by atoms with E-state index in [1.807, 2.05) is 0 Å². The SMILES string of the molecule is C=C(Br)CNCCC1=CCCCC1. The zero-order chi connectivity index (χ0) is 9.52. The molecule has 1 aliphatic rings. The Morgan fingerprint density at radius 1 is 1.54 bits per heavy atom. The molecule has 0 aromatic carbocycles. The third-order valence-corrected chi connectivity index (χ3v) is 2.61. The Balaban J connectivity index is 2.04. The molecule has 0 radical (unpaired) electrons. The quantitative estimate of drug-likeness (QED) is 0.577. The summed E-state index contributed by atoms with van der Waals surface area (Å²) >= 11 is 3.33. The van der Waals surface area contributed by atoms with Crippen LogP contribution in [-0.2, 0) is 0 Å². The van der Waals surface area contributed by atoms with Crippen molar-refractivity contribution < 1.29 is 0 Å². The summed E-state index contributed by atoms with van der Waals surface area (Å²) in [5.74, 6) is 0. The molecule has 0 spiro atoms. The highest BCUT2D eigenvalue weighted by atomic mass is 79.9. The first-order chi connectivity index (χ1) is 6.29. The molecule has 0 saturated heterocycles. The molecular formula is C11H18BrN. The molecule has 74 valence electrons. The second-order valence-electron chi connectivity index (χ2n) is 3.55. The second kappa shape index (κ2) is 6.39. The lowest BCUT2D eigenvalue weighted by atomic mass is 9.97. The predicted molar refractivity (Wildman–Crippen MR) is 62.1 cm³/mol. The van der Waals surface area contributed by atoms with E-state index in [2.05, 4.69) is 33.9 Å². The third-order valence-electron chi connectivity index (χ3n) is 2.32. The molecule has 0 aliphatic heterocycles. The maximum absolute atomic E-state index is 3.78. The molecular weight excluding hydrogens is 226 g/mol. The molecule has 0 heterocycles. The van der Waals surface area contributed by atoms with Crippen LogP contribution < -0.4 is 5.32 Å². The van der Waals surface area contributed by atoms with Crippen LogP contribution in [0.3, 0.4) is 0 Å². The van der Waals surface area contributed by atoms with E-state index in [1.54, 1.807) is 5.57 Å². The zero-order valence-corrected chi connectivity index (χ0v) is 9.70. The maximum Gasteiger partial charge on any atom is 0.0265 e. The monoisotopic (exact) mass is 243 g/mol. The van der Waals surface area contributed by atoms with Gasteiger partial charge in [0.1, 0.15) is 0 Å². The normalized spacial score (nSPS) is 16.8. The topological polar surface area (TPSA) is 12.0 Å². The van der Waals surface area contributed by atoms with Crippen LogP contribution in [0.5, 0.6) is 0 Å². The van der Waals surface area contributed by atoms with Crippen molar-refractivity contribution in [1.82, 2.24) is 5.32 Å². The van der Waals surface area contributed by atoms with Gasteiger partial charge in [0.05, 0.1) is 0 Å². The number of halogens is 1. The molecule has 0 atom stereocenters. The van der Waals surface area contributed by atoms with E-state index in [4.69, 9.17) is 0 Å². The minimum atomic E-state index is 0.882. The van der Waals surface area contributed by atoms with Crippen LogP contribution in [0, 0.1) is 0 Å². The fourth-order valence-electron chi connectivity index (χ4n) is 1.60. The largest absolute Gasteiger partial charge is 0.312 e. The van der Waals surface area contributed by atoms with Gasteiger partial charge in [-0.05, 0) is 38.6 Å². The van der Waals surface area contributed by atoms with Crippen LogP contribution in [0.2, 0.25) is 0 Å². The average molecular weight is 244 g/mol. The Morgan fingerprint density at radius 3 is 3.00 bits per heavy atom. The van der Waals surface area contributed by atoms with Gasteiger partial charge in [-0.25, -0.2) is 0 Å². The first-order valence-electron chi connectivity index (χ1n) is 5.01. The van der Waals surface area contributed by atoms with Crippen LogP contribution >= 0.6 is 15.9 Å². The first-order valence-corrected chi connectivity index (χ1v) is 5.80. The summed E-state index contributed by atoms with van der Waals surface area (Å²) in [5.41, 5.74) is 1.64. The van der Waals surface area contributed by atoms with Crippen molar-refractivity contribution in [3.05, 3.63) is 22.7 Å². The maximum atomic E-state index is 3.78. The summed E-state index contributed by atoms with van der Waals surface area (Å²) in [6.07, 6.45) is 9.00. The number of hydrogen-bond donors (Lipinski definition) is 1. The molecule has 0 aromatic heterocycles. The van der Waals surface area contributed by atoms with E-state index in [0.29, 0.717) is 0 Å². The molecule has 1 aliphatic carbocycles. The van der Waals surface area contributed by atoms with Crippen molar-refractivity contribution in [2.24, 2.45) is 0 Å². The van der Waals surface area contributed by atoms with Gasteiger partial charge < -0.3 is 5.32 Å².